The lowest BCUT2D eigenvalue weighted by molar-refractivity contribution is 0.392. The van der Waals surface area contributed by atoms with Gasteiger partial charge in [0.15, 0.2) is 0 Å². The third-order valence-corrected chi connectivity index (χ3v) is 2.99. The Morgan fingerprint density at radius 1 is 1.26 bits per heavy atom. The van der Waals surface area contributed by atoms with Gasteiger partial charge in [-0.1, -0.05) is 11.2 Å². The van der Waals surface area contributed by atoms with Gasteiger partial charge in [0.2, 0.25) is 0 Å². The van der Waals surface area contributed by atoms with E-state index in [2.05, 4.69) is 27.7 Å². The maximum atomic E-state index is 5.19. The molecule has 5 heteroatoms. The summed E-state index contributed by atoms with van der Waals surface area (Å²) in [7, 11) is 0. The second-order valence-corrected chi connectivity index (χ2v) is 4.54. The van der Waals surface area contributed by atoms with E-state index in [4.69, 9.17) is 4.52 Å². The number of anilines is 2. The van der Waals surface area contributed by atoms with Crippen LogP contribution in [0.25, 0.3) is 0 Å². The van der Waals surface area contributed by atoms with Crippen LogP contribution in [0.1, 0.15) is 36.9 Å². The fourth-order valence-corrected chi connectivity index (χ4v) is 2.20. The van der Waals surface area contributed by atoms with Crippen LogP contribution in [0, 0.1) is 13.8 Å². The smallest absolute Gasteiger partial charge is 0.139 e. The molecule has 102 valence electrons. The number of aromatic nitrogens is 2. The molecule has 1 atom stereocenters. The second-order valence-electron chi connectivity index (χ2n) is 4.54. The summed E-state index contributed by atoms with van der Waals surface area (Å²) in [6.45, 7) is 8.86. The molecule has 0 aromatic carbocycles. The lowest BCUT2D eigenvalue weighted by atomic mass is 10.1. The van der Waals surface area contributed by atoms with Gasteiger partial charge in [0.25, 0.3) is 0 Å². The van der Waals surface area contributed by atoms with Crippen LogP contribution in [-0.2, 0) is 0 Å². The monoisotopic (exact) mass is 260 g/mol. The fourth-order valence-electron chi connectivity index (χ4n) is 2.20. The molecule has 1 unspecified atom stereocenters. The van der Waals surface area contributed by atoms with Gasteiger partial charge in [0, 0.05) is 12.1 Å². The summed E-state index contributed by atoms with van der Waals surface area (Å²) in [5, 5.41) is 10.5. The highest BCUT2D eigenvalue weighted by molar-refractivity contribution is 5.46. The Morgan fingerprint density at radius 2 is 2.00 bits per heavy atom. The van der Waals surface area contributed by atoms with E-state index in [1.54, 1.807) is 0 Å². The minimum atomic E-state index is 0.107. The molecule has 0 amide bonds. The summed E-state index contributed by atoms with van der Waals surface area (Å²) < 4.78 is 5.19. The molecule has 2 aromatic rings. The molecule has 0 fully saturated rings. The van der Waals surface area contributed by atoms with Gasteiger partial charge in [-0.15, -0.1) is 0 Å². The predicted molar refractivity (Wildman–Crippen MR) is 76.4 cm³/mol. The number of rotatable bonds is 5. The maximum Gasteiger partial charge on any atom is 0.139 e. The Bertz CT molecular complexity index is 531. The molecule has 2 rings (SSSR count). The van der Waals surface area contributed by atoms with Crippen LogP contribution in [0.2, 0.25) is 0 Å². The van der Waals surface area contributed by atoms with Gasteiger partial charge < -0.3 is 15.2 Å². The van der Waals surface area contributed by atoms with Crippen LogP contribution in [0.5, 0.6) is 0 Å². The van der Waals surface area contributed by atoms with Gasteiger partial charge in [0.05, 0.1) is 11.7 Å². The number of nitrogens with one attached hydrogen (secondary N) is 2. The highest BCUT2D eigenvalue weighted by Gasteiger charge is 2.16. The van der Waals surface area contributed by atoms with Gasteiger partial charge in [-0.3, -0.25) is 0 Å². The molecule has 0 aliphatic carbocycles. The van der Waals surface area contributed by atoms with Crippen LogP contribution in [0.15, 0.2) is 22.7 Å². The molecule has 0 spiro atoms. The van der Waals surface area contributed by atoms with E-state index in [1.165, 1.54) is 0 Å². The second kappa shape index (κ2) is 5.73. The summed E-state index contributed by atoms with van der Waals surface area (Å²) in [5.41, 5.74) is 2.01. The molecule has 0 saturated carbocycles. The van der Waals surface area contributed by atoms with Crippen LogP contribution < -0.4 is 10.6 Å². The number of hydrogen-bond donors (Lipinski definition) is 2. The Balaban J connectivity index is 2.14. The normalized spacial score (nSPS) is 12.2. The Kier molecular flexibility index (Phi) is 4.04. The van der Waals surface area contributed by atoms with Crippen molar-refractivity contribution in [1.82, 2.24) is 10.1 Å². The standard InChI is InChI=1S/C14H20N4O/c1-5-15-12-7-6-8-13(17-12)16-9(2)14-10(3)18-19-11(14)4/h6-9H,5H2,1-4H3,(H2,15,16,17). The minimum absolute atomic E-state index is 0.107. The molecule has 5 nitrogen and oxygen atoms in total. The van der Waals surface area contributed by atoms with Crippen molar-refractivity contribution in [2.24, 2.45) is 0 Å². The molecular weight excluding hydrogens is 240 g/mol. The van der Waals surface area contributed by atoms with Gasteiger partial charge in [0.1, 0.15) is 17.4 Å². The average molecular weight is 260 g/mol. The molecule has 0 radical (unpaired) electrons. The summed E-state index contributed by atoms with van der Waals surface area (Å²) >= 11 is 0. The third-order valence-electron chi connectivity index (χ3n) is 2.99. The van der Waals surface area contributed by atoms with E-state index in [9.17, 15) is 0 Å². The highest BCUT2D eigenvalue weighted by Crippen LogP contribution is 2.24. The van der Waals surface area contributed by atoms with Gasteiger partial charge in [-0.2, -0.15) is 0 Å². The van der Waals surface area contributed by atoms with Crippen molar-refractivity contribution in [2.75, 3.05) is 17.2 Å². The van der Waals surface area contributed by atoms with Gasteiger partial charge in [-0.05, 0) is 39.8 Å². The summed E-state index contributed by atoms with van der Waals surface area (Å²) in [5.74, 6) is 2.56. The van der Waals surface area contributed by atoms with Crippen molar-refractivity contribution in [3.8, 4) is 0 Å². The molecule has 0 aliphatic heterocycles. The van der Waals surface area contributed by atoms with Crippen molar-refractivity contribution < 1.29 is 4.52 Å². The molecule has 0 saturated heterocycles. The van der Waals surface area contributed by atoms with Crippen LogP contribution in [-0.4, -0.2) is 16.7 Å². The fraction of sp³-hybridized carbons (Fsp3) is 0.429. The molecule has 2 heterocycles. The molecule has 19 heavy (non-hydrogen) atoms. The zero-order valence-electron chi connectivity index (χ0n) is 11.8. The summed E-state index contributed by atoms with van der Waals surface area (Å²) in [4.78, 5) is 4.50. The van der Waals surface area contributed by atoms with E-state index in [0.717, 1.165) is 35.2 Å². The first-order chi connectivity index (χ1) is 9.11. The first-order valence-electron chi connectivity index (χ1n) is 6.52. The summed E-state index contributed by atoms with van der Waals surface area (Å²) in [6, 6.07) is 5.99. The van der Waals surface area contributed by atoms with Gasteiger partial charge in [-0.25, -0.2) is 4.98 Å². The van der Waals surface area contributed by atoms with E-state index in [0.29, 0.717) is 0 Å². The molecular formula is C14H20N4O. The molecule has 2 N–H and O–H groups in total. The van der Waals surface area contributed by atoms with Gasteiger partial charge >= 0.3 is 0 Å². The Morgan fingerprint density at radius 3 is 2.63 bits per heavy atom. The summed E-state index contributed by atoms with van der Waals surface area (Å²) in [6.07, 6.45) is 0. The van der Waals surface area contributed by atoms with Crippen molar-refractivity contribution in [2.45, 2.75) is 33.7 Å². The van der Waals surface area contributed by atoms with E-state index >= 15 is 0 Å². The largest absolute Gasteiger partial charge is 0.370 e. The highest BCUT2D eigenvalue weighted by atomic mass is 16.5. The SMILES string of the molecule is CCNc1cccc(NC(C)c2c(C)noc2C)n1. The minimum Gasteiger partial charge on any atom is -0.370 e. The number of aryl methyl sites for hydroxylation is 2. The predicted octanol–water partition coefficient (Wildman–Crippen LogP) is 3.29. The Labute approximate surface area is 113 Å². The number of hydrogen-bond acceptors (Lipinski definition) is 5. The first kappa shape index (κ1) is 13.4. The maximum absolute atomic E-state index is 5.19. The van der Waals surface area contributed by atoms with Crippen molar-refractivity contribution in [3.63, 3.8) is 0 Å². The van der Waals surface area contributed by atoms with Crippen molar-refractivity contribution in [1.29, 1.82) is 0 Å². The van der Waals surface area contributed by atoms with Crippen molar-refractivity contribution >= 4 is 11.6 Å². The van der Waals surface area contributed by atoms with E-state index < -0.39 is 0 Å². The molecule has 0 bridgehead atoms. The molecule has 0 aliphatic rings. The lowest BCUT2D eigenvalue weighted by Crippen LogP contribution is -2.10. The van der Waals surface area contributed by atoms with Crippen LogP contribution in [0.3, 0.4) is 0 Å². The zero-order valence-corrected chi connectivity index (χ0v) is 11.8. The Hall–Kier alpha value is -2.04. The van der Waals surface area contributed by atoms with Crippen LogP contribution in [0.4, 0.5) is 11.6 Å². The quantitative estimate of drug-likeness (QED) is 0.863. The third kappa shape index (κ3) is 3.05. The number of nitrogens with zero attached hydrogens (tertiary/aromatic N) is 2. The zero-order chi connectivity index (χ0) is 13.8. The topological polar surface area (TPSA) is 63.0 Å². The average Bonchev–Trinajstić information content (AvgIpc) is 2.70. The lowest BCUT2D eigenvalue weighted by Gasteiger charge is -2.15. The van der Waals surface area contributed by atoms with Crippen LogP contribution >= 0.6 is 0 Å². The van der Waals surface area contributed by atoms with E-state index in [1.807, 2.05) is 39.0 Å². The number of pyridine rings is 1. The van der Waals surface area contributed by atoms with E-state index in [-0.39, 0.29) is 6.04 Å². The molecule has 2 aromatic heterocycles. The first-order valence-corrected chi connectivity index (χ1v) is 6.52. The van der Waals surface area contributed by atoms with Crippen molar-refractivity contribution in [3.05, 3.63) is 35.2 Å².